The van der Waals surface area contributed by atoms with Crippen molar-refractivity contribution in [1.29, 1.82) is 0 Å². The SMILES string of the molecule is CCCC(=O)Nc1ccc2scc(C3=CCN4CCCCC4CC3)c2c1. The van der Waals surface area contributed by atoms with E-state index < -0.39 is 0 Å². The molecule has 0 aliphatic carbocycles. The normalized spacial score (nSPS) is 21.1. The van der Waals surface area contributed by atoms with Crippen molar-refractivity contribution in [2.24, 2.45) is 0 Å². The second-order valence-corrected chi connectivity index (χ2v) is 8.48. The molecule has 0 radical (unpaired) electrons. The van der Waals surface area contributed by atoms with Crippen LogP contribution in [0.1, 0.15) is 57.4 Å². The molecule has 0 spiro atoms. The number of hydrogen-bond acceptors (Lipinski definition) is 3. The van der Waals surface area contributed by atoms with Crippen LogP contribution in [0.2, 0.25) is 0 Å². The lowest BCUT2D eigenvalue weighted by Crippen LogP contribution is -2.38. The first-order chi connectivity index (χ1) is 12.7. The molecule has 1 saturated heterocycles. The lowest BCUT2D eigenvalue weighted by Gasteiger charge is -2.33. The Morgan fingerprint density at radius 1 is 1.31 bits per heavy atom. The maximum atomic E-state index is 11.9. The molecule has 1 amide bonds. The van der Waals surface area contributed by atoms with E-state index in [4.69, 9.17) is 0 Å². The van der Waals surface area contributed by atoms with Gasteiger partial charge >= 0.3 is 0 Å². The van der Waals surface area contributed by atoms with Crippen LogP contribution in [0.4, 0.5) is 5.69 Å². The maximum absolute atomic E-state index is 11.9. The summed E-state index contributed by atoms with van der Waals surface area (Å²) >= 11 is 1.81. The topological polar surface area (TPSA) is 32.3 Å². The molecule has 4 rings (SSSR count). The Morgan fingerprint density at radius 3 is 3.12 bits per heavy atom. The second-order valence-electron chi connectivity index (χ2n) is 7.57. The lowest BCUT2D eigenvalue weighted by molar-refractivity contribution is -0.116. The molecule has 1 N–H and O–H groups in total. The van der Waals surface area contributed by atoms with Gasteiger partial charge in [0.25, 0.3) is 0 Å². The van der Waals surface area contributed by atoms with Crippen LogP contribution in [0.15, 0.2) is 29.7 Å². The smallest absolute Gasteiger partial charge is 0.224 e. The van der Waals surface area contributed by atoms with Gasteiger partial charge in [-0.2, -0.15) is 0 Å². The summed E-state index contributed by atoms with van der Waals surface area (Å²) in [5.41, 5.74) is 3.78. The fourth-order valence-electron chi connectivity index (χ4n) is 4.33. The predicted molar refractivity (Wildman–Crippen MR) is 112 cm³/mol. The third-order valence-electron chi connectivity index (χ3n) is 5.75. The number of nitrogens with zero attached hydrogens (tertiary/aromatic N) is 1. The molecule has 0 saturated carbocycles. The Bertz CT molecular complexity index is 823. The van der Waals surface area contributed by atoms with E-state index in [1.54, 1.807) is 0 Å². The molecular formula is C22H28N2OS. The molecule has 1 fully saturated rings. The van der Waals surface area contributed by atoms with Crippen molar-refractivity contribution < 1.29 is 4.79 Å². The molecule has 1 aromatic carbocycles. The van der Waals surface area contributed by atoms with Gasteiger partial charge in [-0.1, -0.05) is 19.4 Å². The van der Waals surface area contributed by atoms with Crippen molar-refractivity contribution in [2.75, 3.05) is 18.4 Å². The van der Waals surface area contributed by atoms with Crippen molar-refractivity contribution in [3.05, 3.63) is 35.2 Å². The van der Waals surface area contributed by atoms with Crippen molar-refractivity contribution in [2.45, 2.75) is 57.9 Å². The van der Waals surface area contributed by atoms with Crippen molar-refractivity contribution in [1.82, 2.24) is 4.90 Å². The predicted octanol–water partition coefficient (Wildman–Crippen LogP) is 5.67. The zero-order valence-corrected chi connectivity index (χ0v) is 16.4. The number of fused-ring (bicyclic) bond motifs is 2. The zero-order valence-electron chi connectivity index (χ0n) is 15.6. The van der Waals surface area contributed by atoms with E-state index in [2.05, 4.69) is 33.8 Å². The van der Waals surface area contributed by atoms with E-state index in [-0.39, 0.29) is 5.91 Å². The Morgan fingerprint density at radius 2 is 2.23 bits per heavy atom. The number of nitrogens with one attached hydrogen (secondary N) is 1. The number of benzene rings is 1. The first kappa shape index (κ1) is 17.7. The molecule has 3 nitrogen and oxygen atoms in total. The molecule has 4 heteroatoms. The van der Waals surface area contributed by atoms with Crippen molar-refractivity contribution >= 4 is 38.6 Å². The van der Waals surface area contributed by atoms with Crippen LogP contribution in [-0.2, 0) is 4.79 Å². The van der Waals surface area contributed by atoms with Crippen LogP contribution in [0.5, 0.6) is 0 Å². The number of piperidine rings is 1. The van der Waals surface area contributed by atoms with Crippen LogP contribution in [-0.4, -0.2) is 29.9 Å². The fraction of sp³-hybridized carbons (Fsp3) is 0.500. The largest absolute Gasteiger partial charge is 0.326 e. The van der Waals surface area contributed by atoms with E-state index in [0.717, 1.165) is 24.7 Å². The number of allylic oxidation sites excluding steroid dienone is 1. The Hall–Kier alpha value is -1.65. The zero-order chi connectivity index (χ0) is 17.9. The number of thiophene rings is 1. The van der Waals surface area contributed by atoms with Crippen LogP contribution in [0, 0.1) is 0 Å². The summed E-state index contributed by atoms with van der Waals surface area (Å²) in [6.07, 6.45) is 10.4. The molecule has 2 aliphatic heterocycles. The number of amides is 1. The minimum Gasteiger partial charge on any atom is -0.326 e. The van der Waals surface area contributed by atoms with Crippen LogP contribution in [0.3, 0.4) is 0 Å². The lowest BCUT2D eigenvalue weighted by atomic mass is 9.95. The van der Waals surface area contributed by atoms with Crippen LogP contribution in [0.25, 0.3) is 15.7 Å². The summed E-state index contributed by atoms with van der Waals surface area (Å²) in [6, 6.07) is 7.10. The van der Waals surface area contributed by atoms with Gasteiger partial charge in [0.05, 0.1) is 0 Å². The van der Waals surface area contributed by atoms with Gasteiger partial charge in [0.1, 0.15) is 0 Å². The number of hydrogen-bond donors (Lipinski definition) is 1. The van der Waals surface area contributed by atoms with Gasteiger partial charge in [-0.05, 0) is 73.4 Å². The fourth-order valence-corrected chi connectivity index (χ4v) is 5.30. The van der Waals surface area contributed by atoms with E-state index in [0.29, 0.717) is 6.42 Å². The van der Waals surface area contributed by atoms with Crippen molar-refractivity contribution in [3.8, 4) is 0 Å². The van der Waals surface area contributed by atoms with Gasteiger partial charge in [-0.25, -0.2) is 0 Å². The summed E-state index contributed by atoms with van der Waals surface area (Å²) in [4.78, 5) is 14.6. The standard InChI is InChI=1S/C22H28N2OS/c1-2-5-22(25)23-17-8-10-21-19(14-17)20(15-26-21)16-7-9-18-6-3-4-12-24(18)13-11-16/h8,10-11,14-15,18H,2-7,9,12-13H2,1H3,(H,23,25). The number of anilines is 1. The summed E-state index contributed by atoms with van der Waals surface area (Å²) in [6.45, 7) is 4.38. The third-order valence-corrected chi connectivity index (χ3v) is 6.71. The highest BCUT2D eigenvalue weighted by Crippen LogP contribution is 2.37. The number of carbonyl (C=O) groups is 1. The molecule has 2 aliphatic rings. The maximum Gasteiger partial charge on any atom is 0.224 e. The first-order valence-corrected chi connectivity index (χ1v) is 10.9. The molecule has 1 atom stereocenters. The Kier molecular flexibility index (Phi) is 5.41. The van der Waals surface area contributed by atoms with E-state index in [1.807, 2.05) is 24.3 Å². The number of rotatable bonds is 4. The van der Waals surface area contributed by atoms with Gasteiger partial charge in [0.2, 0.25) is 5.91 Å². The minimum atomic E-state index is 0.106. The van der Waals surface area contributed by atoms with Gasteiger partial charge in [0, 0.05) is 34.8 Å². The average molecular weight is 369 g/mol. The second kappa shape index (κ2) is 7.93. The number of carbonyl (C=O) groups excluding carboxylic acids is 1. The molecular weight excluding hydrogens is 340 g/mol. The molecule has 26 heavy (non-hydrogen) atoms. The van der Waals surface area contributed by atoms with Crippen LogP contribution < -0.4 is 5.32 Å². The molecule has 2 aromatic rings. The highest BCUT2D eigenvalue weighted by atomic mass is 32.1. The van der Waals surface area contributed by atoms with E-state index in [9.17, 15) is 4.79 Å². The summed E-state index contributed by atoms with van der Waals surface area (Å²) in [5, 5.41) is 6.64. The highest BCUT2D eigenvalue weighted by molar-refractivity contribution is 7.17. The van der Waals surface area contributed by atoms with Crippen LogP contribution >= 0.6 is 11.3 Å². The third kappa shape index (κ3) is 3.72. The summed E-state index contributed by atoms with van der Waals surface area (Å²) in [7, 11) is 0. The van der Waals surface area contributed by atoms with Gasteiger partial charge in [-0.15, -0.1) is 11.3 Å². The Labute approximate surface area is 160 Å². The highest BCUT2D eigenvalue weighted by Gasteiger charge is 2.24. The summed E-state index contributed by atoms with van der Waals surface area (Å²) in [5.74, 6) is 0.106. The molecule has 0 bridgehead atoms. The monoisotopic (exact) mass is 368 g/mol. The van der Waals surface area contributed by atoms with Crippen molar-refractivity contribution in [3.63, 3.8) is 0 Å². The molecule has 138 valence electrons. The van der Waals surface area contributed by atoms with E-state index in [1.165, 1.54) is 59.9 Å². The quantitative estimate of drug-likeness (QED) is 0.754. The first-order valence-electron chi connectivity index (χ1n) is 9.99. The molecule has 3 heterocycles. The molecule has 1 unspecified atom stereocenters. The average Bonchev–Trinajstić information content (AvgIpc) is 2.94. The van der Waals surface area contributed by atoms with Gasteiger partial charge in [-0.3, -0.25) is 9.69 Å². The summed E-state index contributed by atoms with van der Waals surface area (Å²) < 4.78 is 1.30. The van der Waals surface area contributed by atoms with E-state index >= 15 is 0 Å². The van der Waals surface area contributed by atoms with Gasteiger partial charge in [0.15, 0.2) is 0 Å². The minimum absolute atomic E-state index is 0.106. The molecule has 1 aromatic heterocycles. The Balaban J connectivity index is 1.59. The van der Waals surface area contributed by atoms with Gasteiger partial charge < -0.3 is 5.32 Å².